The Morgan fingerprint density at radius 2 is 1.58 bits per heavy atom. The number of ketones is 1. The number of hydrogen-bond donors (Lipinski definition) is 0. The zero-order valence-electron chi connectivity index (χ0n) is 7.25. The molecule has 0 radical (unpaired) electrons. The Morgan fingerprint density at radius 1 is 1.00 bits per heavy atom. The summed E-state index contributed by atoms with van der Waals surface area (Å²) < 4.78 is 0. The second-order valence-corrected chi connectivity index (χ2v) is 3.86. The number of carbonyl (C=O) groups excluding carboxylic acids is 1. The number of allylic oxidation sites excluding steroid dienone is 4. The van der Waals surface area contributed by atoms with Crippen molar-refractivity contribution in [2.45, 2.75) is 32.1 Å². The van der Waals surface area contributed by atoms with Gasteiger partial charge in [-0.25, -0.2) is 0 Å². The van der Waals surface area contributed by atoms with Crippen molar-refractivity contribution in [2.24, 2.45) is 5.41 Å². The van der Waals surface area contributed by atoms with Gasteiger partial charge in [-0.2, -0.15) is 0 Å². The van der Waals surface area contributed by atoms with Crippen molar-refractivity contribution in [1.82, 2.24) is 0 Å². The van der Waals surface area contributed by atoms with Gasteiger partial charge in [0.05, 0.1) is 0 Å². The van der Waals surface area contributed by atoms with E-state index in [2.05, 4.69) is 12.2 Å². The predicted octanol–water partition coefficient (Wildman–Crippen LogP) is 2.63. The molecule has 0 aromatic carbocycles. The number of carbonyl (C=O) groups is 1. The number of rotatable bonds is 0. The highest BCUT2D eigenvalue weighted by molar-refractivity contribution is 6.00. The second kappa shape index (κ2) is 2.89. The molecule has 0 amide bonds. The fourth-order valence-corrected chi connectivity index (χ4v) is 2.15. The quantitative estimate of drug-likeness (QED) is 0.535. The van der Waals surface area contributed by atoms with Crippen molar-refractivity contribution in [3.05, 3.63) is 24.3 Å². The smallest absolute Gasteiger partial charge is 0.178 e. The molecule has 1 saturated carbocycles. The Kier molecular flexibility index (Phi) is 1.87. The van der Waals surface area contributed by atoms with Crippen LogP contribution in [0.5, 0.6) is 0 Å². The third-order valence-electron chi connectivity index (χ3n) is 2.94. The third kappa shape index (κ3) is 1.36. The van der Waals surface area contributed by atoms with Crippen molar-refractivity contribution in [2.75, 3.05) is 0 Å². The predicted molar refractivity (Wildman–Crippen MR) is 48.8 cm³/mol. The molecule has 0 heterocycles. The maximum atomic E-state index is 10.9. The largest absolute Gasteiger partial charge is 0.290 e. The van der Waals surface area contributed by atoms with Crippen LogP contribution in [0.1, 0.15) is 32.1 Å². The van der Waals surface area contributed by atoms with Gasteiger partial charge in [0.15, 0.2) is 5.78 Å². The molecule has 0 bridgehead atoms. The van der Waals surface area contributed by atoms with E-state index in [1.165, 1.54) is 32.1 Å². The molecular formula is C11H14O. The lowest BCUT2D eigenvalue weighted by molar-refractivity contribution is -0.110. The summed E-state index contributed by atoms with van der Waals surface area (Å²) in [5.74, 6) is 0.145. The first-order valence-electron chi connectivity index (χ1n) is 4.73. The van der Waals surface area contributed by atoms with E-state index < -0.39 is 0 Å². The highest BCUT2D eigenvalue weighted by Gasteiger charge is 2.28. The molecule has 0 aromatic heterocycles. The molecule has 1 heteroatoms. The van der Waals surface area contributed by atoms with Crippen LogP contribution >= 0.6 is 0 Å². The van der Waals surface area contributed by atoms with Gasteiger partial charge < -0.3 is 0 Å². The standard InChI is InChI=1S/C11H14O/c12-10-4-8-11(9-5-10)6-2-1-3-7-11/h4-5,8-9H,1-3,6-7H2. The minimum atomic E-state index is 0.145. The Balaban J connectivity index is 2.16. The van der Waals surface area contributed by atoms with Crippen LogP contribution in [0.4, 0.5) is 0 Å². The molecule has 2 rings (SSSR count). The van der Waals surface area contributed by atoms with Crippen LogP contribution in [0.2, 0.25) is 0 Å². The summed E-state index contributed by atoms with van der Waals surface area (Å²) >= 11 is 0. The molecule has 1 fully saturated rings. The molecule has 0 saturated heterocycles. The normalized spacial score (nSPS) is 26.5. The molecule has 64 valence electrons. The van der Waals surface area contributed by atoms with E-state index in [4.69, 9.17) is 0 Å². The van der Waals surface area contributed by atoms with E-state index in [1.807, 2.05) is 0 Å². The summed E-state index contributed by atoms with van der Waals surface area (Å²) in [7, 11) is 0. The van der Waals surface area contributed by atoms with E-state index in [1.54, 1.807) is 12.2 Å². The topological polar surface area (TPSA) is 17.1 Å². The summed E-state index contributed by atoms with van der Waals surface area (Å²) in [4.78, 5) is 10.9. The lowest BCUT2D eigenvalue weighted by Gasteiger charge is -2.32. The van der Waals surface area contributed by atoms with E-state index in [9.17, 15) is 4.79 Å². The van der Waals surface area contributed by atoms with Crippen molar-refractivity contribution in [3.63, 3.8) is 0 Å². The van der Waals surface area contributed by atoms with Gasteiger partial charge in [0.25, 0.3) is 0 Å². The first-order valence-corrected chi connectivity index (χ1v) is 4.73. The second-order valence-electron chi connectivity index (χ2n) is 3.86. The van der Waals surface area contributed by atoms with E-state index >= 15 is 0 Å². The molecular weight excluding hydrogens is 148 g/mol. The Labute approximate surface area is 73.2 Å². The zero-order valence-corrected chi connectivity index (χ0v) is 7.25. The van der Waals surface area contributed by atoms with Gasteiger partial charge in [-0.15, -0.1) is 0 Å². The van der Waals surface area contributed by atoms with E-state index in [0.717, 1.165) is 0 Å². The molecule has 2 aliphatic rings. The van der Waals surface area contributed by atoms with E-state index in [-0.39, 0.29) is 11.2 Å². The zero-order chi connectivity index (χ0) is 8.44. The highest BCUT2D eigenvalue weighted by atomic mass is 16.1. The maximum absolute atomic E-state index is 10.9. The summed E-state index contributed by atoms with van der Waals surface area (Å²) in [6, 6.07) is 0. The molecule has 1 spiro atoms. The van der Waals surface area contributed by atoms with Crippen molar-refractivity contribution in [3.8, 4) is 0 Å². The van der Waals surface area contributed by atoms with Crippen molar-refractivity contribution >= 4 is 5.78 Å². The molecule has 12 heavy (non-hydrogen) atoms. The van der Waals surface area contributed by atoms with Crippen molar-refractivity contribution < 1.29 is 4.79 Å². The first-order chi connectivity index (χ1) is 5.81. The van der Waals surface area contributed by atoms with Gasteiger partial charge >= 0.3 is 0 Å². The minimum Gasteiger partial charge on any atom is -0.290 e. The summed E-state index contributed by atoms with van der Waals surface area (Å²) in [6.45, 7) is 0. The number of hydrogen-bond acceptors (Lipinski definition) is 1. The van der Waals surface area contributed by atoms with Gasteiger partial charge in [0, 0.05) is 5.41 Å². The fourth-order valence-electron chi connectivity index (χ4n) is 2.15. The van der Waals surface area contributed by atoms with Crippen LogP contribution in [-0.2, 0) is 4.79 Å². The average molecular weight is 162 g/mol. The molecule has 0 N–H and O–H groups in total. The molecule has 1 nitrogen and oxygen atoms in total. The third-order valence-corrected chi connectivity index (χ3v) is 2.94. The first kappa shape index (κ1) is 7.78. The van der Waals surface area contributed by atoms with Crippen LogP contribution in [0.25, 0.3) is 0 Å². The SMILES string of the molecule is O=C1C=CC2(C=C1)CCCCC2. The fraction of sp³-hybridized carbons (Fsp3) is 0.545. The van der Waals surface area contributed by atoms with Crippen LogP contribution in [0.15, 0.2) is 24.3 Å². The summed E-state index contributed by atoms with van der Waals surface area (Å²) in [5, 5.41) is 0. The lowest BCUT2D eigenvalue weighted by Crippen LogP contribution is -2.21. The molecule has 0 aliphatic heterocycles. The van der Waals surface area contributed by atoms with Gasteiger partial charge in [-0.3, -0.25) is 4.79 Å². The van der Waals surface area contributed by atoms with Gasteiger partial charge in [-0.1, -0.05) is 31.4 Å². The lowest BCUT2D eigenvalue weighted by atomic mass is 9.72. The molecule has 0 atom stereocenters. The van der Waals surface area contributed by atoms with E-state index in [0.29, 0.717) is 0 Å². The summed E-state index contributed by atoms with van der Waals surface area (Å²) in [5.41, 5.74) is 0.256. The average Bonchev–Trinajstić information content (AvgIpc) is 2.13. The highest BCUT2D eigenvalue weighted by Crippen LogP contribution is 2.40. The Bertz CT molecular complexity index is 224. The molecule has 0 aromatic rings. The van der Waals surface area contributed by atoms with Gasteiger partial charge in [0.2, 0.25) is 0 Å². The summed E-state index contributed by atoms with van der Waals surface area (Å²) in [6.07, 6.45) is 14.1. The Hall–Kier alpha value is -0.850. The maximum Gasteiger partial charge on any atom is 0.178 e. The minimum absolute atomic E-state index is 0.145. The molecule has 0 unspecified atom stereocenters. The van der Waals surface area contributed by atoms with Crippen LogP contribution in [-0.4, -0.2) is 5.78 Å². The van der Waals surface area contributed by atoms with Crippen LogP contribution in [0.3, 0.4) is 0 Å². The molecule has 2 aliphatic carbocycles. The Morgan fingerprint density at radius 3 is 2.17 bits per heavy atom. The monoisotopic (exact) mass is 162 g/mol. The van der Waals surface area contributed by atoms with Gasteiger partial charge in [-0.05, 0) is 25.0 Å². The van der Waals surface area contributed by atoms with Crippen LogP contribution < -0.4 is 0 Å². The van der Waals surface area contributed by atoms with Crippen LogP contribution in [0, 0.1) is 5.41 Å². The van der Waals surface area contributed by atoms with Gasteiger partial charge in [0.1, 0.15) is 0 Å². The van der Waals surface area contributed by atoms with Crippen molar-refractivity contribution in [1.29, 1.82) is 0 Å².